The Labute approximate surface area is 123 Å². The molecule has 0 aliphatic carbocycles. The van der Waals surface area contributed by atoms with Crippen LogP contribution in [0.25, 0.3) is 0 Å². The Kier molecular flexibility index (Phi) is 5.11. The Morgan fingerprint density at radius 2 is 2.10 bits per heavy atom. The first-order valence-electron chi connectivity index (χ1n) is 6.33. The van der Waals surface area contributed by atoms with Gasteiger partial charge in [0.25, 0.3) is 0 Å². The van der Waals surface area contributed by atoms with Crippen molar-refractivity contribution >= 4 is 27.0 Å². The molecule has 0 spiro atoms. The van der Waals surface area contributed by atoms with E-state index in [-0.39, 0.29) is 4.90 Å². The monoisotopic (exact) mass is 311 g/mol. The van der Waals surface area contributed by atoms with Crippen LogP contribution in [0.3, 0.4) is 0 Å². The van der Waals surface area contributed by atoms with Crippen LogP contribution in [0.1, 0.15) is 18.2 Å². The van der Waals surface area contributed by atoms with E-state index in [0.29, 0.717) is 18.8 Å². The maximum atomic E-state index is 12.2. The normalized spacial score (nSPS) is 11.4. The number of nitrogens with zero attached hydrogens (tertiary/aromatic N) is 1. The molecule has 0 radical (unpaired) electrons. The average Bonchev–Trinajstić information content (AvgIpc) is 2.96. The van der Waals surface area contributed by atoms with Crippen LogP contribution < -0.4 is 10.0 Å². The van der Waals surface area contributed by atoms with Gasteiger partial charge in [0.15, 0.2) is 0 Å². The van der Waals surface area contributed by atoms with Crippen LogP contribution in [0.2, 0.25) is 0 Å². The highest BCUT2D eigenvalue weighted by Crippen LogP contribution is 2.21. The van der Waals surface area contributed by atoms with Crippen LogP contribution in [-0.4, -0.2) is 19.9 Å². The van der Waals surface area contributed by atoms with Crippen LogP contribution in [0.4, 0.5) is 5.69 Å². The number of hydrogen-bond acceptors (Lipinski definition) is 5. The highest BCUT2D eigenvalue weighted by atomic mass is 32.2. The number of nitrogens with one attached hydrogen (secondary N) is 2. The molecule has 0 aliphatic heterocycles. The summed E-state index contributed by atoms with van der Waals surface area (Å²) in [7, 11) is -3.47. The van der Waals surface area contributed by atoms with Gasteiger partial charge in [0.1, 0.15) is 4.90 Å². The molecule has 0 saturated carbocycles. The molecule has 0 aliphatic rings. The van der Waals surface area contributed by atoms with Gasteiger partial charge in [-0.15, -0.1) is 11.3 Å². The summed E-state index contributed by atoms with van der Waals surface area (Å²) in [6, 6.07) is 6.90. The molecule has 1 heterocycles. The summed E-state index contributed by atoms with van der Waals surface area (Å²) >= 11 is 1.53. The van der Waals surface area contributed by atoms with E-state index < -0.39 is 10.0 Å². The van der Waals surface area contributed by atoms with E-state index in [4.69, 9.17) is 0 Å². The maximum Gasteiger partial charge on any atom is 0.242 e. The minimum absolute atomic E-state index is 0.276. The van der Waals surface area contributed by atoms with E-state index in [0.717, 1.165) is 11.3 Å². The molecule has 108 valence electrons. The second kappa shape index (κ2) is 6.83. The summed E-state index contributed by atoms with van der Waals surface area (Å²) in [5.41, 5.74) is 2.35. The van der Waals surface area contributed by atoms with E-state index in [2.05, 4.69) is 15.0 Å². The Balaban J connectivity index is 2.17. The molecule has 1 aromatic heterocycles. The quantitative estimate of drug-likeness (QED) is 0.824. The summed E-state index contributed by atoms with van der Waals surface area (Å²) in [6.07, 6.45) is 2.53. The summed E-state index contributed by atoms with van der Waals surface area (Å²) < 4.78 is 27.0. The zero-order valence-electron chi connectivity index (χ0n) is 11.2. The number of rotatable bonds is 7. The Hall–Kier alpha value is -1.44. The van der Waals surface area contributed by atoms with Crippen molar-refractivity contribution in [2.45, 2.75) is 24.8 Å². The highest BCUT2D eigenvalue weighted by molar-refractivity contribution is 7.89. The SMILES string of the molecule is CCCNS(=O)(=O)c1ccccc1NCc1cncs1. The number of anilines is 1. The predicted octanol–water partition coefficient (Wildman–Crippen LogP) is 2.44. The number of thiazole rings is 1. The van der Waals surface area contributed by atoms with Crippen LogP contribution in [0.15, 0.2) is 40.9 Å². The van der Waals surface area contributed by atoms with Gasteiger partial charge < -0.3 is 5.32 Å². The van der Waals surface area contributed by atoms with E-state index in [1.54, 1.807) is 29.9 Å². The first kappa shape index (κ1) is 15.0. The molecule has 0 bridgehead atoms. The molecular formula is C13H17N3O2S2. The molecule has 5 nitrogen and oxygen atoms in total. The third kappa shape index (κ3) is 3.78. The van der Waals surface area contributed by atoms with Crippen molar-refractivity contribution in [2.75, 3.05) is 11.9 Å². The van der Waals surface area contributed by atoms with Gasteiger partial charge in [0.05, 0.1) is 17.7 Å². The Morgan fingerprint density at radius 1 is 1.30 bits per heavy atom. The van der Waals surface area contributed by atoms with E-state index in [1.807, 2.05) is 13.0 Å². The van der Waals surface area contributed by atoms with Gasteiger partial charge in [-0.05, 0) is 18.6 Å². The highest BCUT2D eigenvalue weighted by Gasteiger charge is 2.17. The lowest BCUT2D eigenvalue weighted by Gasteiger charge is -2.12. The molecular weight excluding hydrogens is 294 g/mol. The molecule has 0 amide bonds. The van der Waals surface area contributed by atoms with E-state index in [1.165, 1.54) is 11.3 Å². The minimum Gasteiger partial charge on any atom is -0.379 e. The Bertz CT molecular complexity index is 639. The van der Waals surface area contributed by atoms with E-state index in [9.17, 15) is 8.42 Å². The Morgan fingerprint density at radius 3 is 2.80 bits per heavy atom. The van der Waals surface area contributed by atoms with Gasteiger partial charge in [-0.25, -0.2) is 13.1 Å². The first-order valence-corrected chi connectivity index (χ1v) is 8.69. The van der Waals surface area contributed by atoms with Crippen molar-refractivity contribution in [3.05, 3.63) is 40.8 Å². The van der Waals surface area contributed by atoms with Crippen molar-refractivity contribution in [3.63, 3.8) is 0 Å². The molecule has 7 heteroatoms. The molecule has 2 aromatic rings. The fraction of sp³-hybridized carbons (Fsp3) is 0.308. The topological polar surface area (TPSA) is 71.1 Å². The predicted molar refractivity (Wildman–Crippen MR) is 81.4 cm³/mol. The largest absolute Gasteiger partial charge is 0.379 e. The summed E-state index contributed by atoms with van der Waals surface area (Å²) in [6.45, 7) is 2.92. The summed E-state index contributed by atoms with van der Waals surface area (Å²) in [4.78, 5) is 5.32. The van der Waals surface area contributed by atoms with E-state index >= 15 is 0 Å². The zero-order chi connectivity index (χ0) is 14.4. The third-order valence-electron chi connectivity index (χ3n) is 2.66. The third-order valence-corrected chi connectivity index (χ3v) is 4.95. The number of sulfonamides is 1. The van der Waals surface area contributed by atoms with Crippen LogP contribution in [-0.2, 0) is 16.6 Å². The summed E-state index contributed by atoms with van der Waals surface area (Å²) in [5, 5.41) is 3.15. The second-order valence-corrected chi connectivity index (χ2v) is 6.92. The number of hydrogen-bond donors (Lipinski definition) is 2. The number of para-hydroxylation sites is 1. The molecule has 2 N–H and O–H groups in total. The zero-order valence-corrected chi connectivity index (χ0v) is 12.8. The summed E-state index contributed by atoms with van der Waals surface area (Å²) in [5.74, 6) is 0. The number of benzene rings is 1. The standard InChI is InChI=1S/C13H17N3O2S2/c1-2-7-16-20(17,18)13-6-4-3-5-12(13)15-9-11-8-14-10-19-11/h3-6,8,10,15-16H,2,7,9H2,1H3. The maximum absolute atomic E-state index is 12.2. The second-order valence-electron chi connectivity index (χ2n) is 4.22. The molecule has 0 fully saturated rings. The van der Waals surface area contributed by atoms with Gasteiger partial charge in [0, 0.05) is 17.6 Å². The minimum atomic E-state index is -3.47. The van der Waals surface area contributed by atoms with Crippen LogP contribution in [0, 0.1) is 0 Å². The van der Waals surface area contributed by atoms with Crippen molar-refractivity contribution in [1.29, 1.82) is 0 Å². The smallest absolute Gasteiger partial charge is 0.242 e. The van der Waals surface area contributed by atoms with Gasteiger partial charge in [-0.1, -0.05) is 19.1 Å². The van der Waals surface area contributed by atoms with Gasteiger partial charge in [0.2, 0.25) is 10.0 Å². The van der Waals surface area contributed by atoms with Gasteiger partial charge in [-0.3, -0.25) is 4.98 Å². The number of aromatic nitrogens is 1. The van der Waals surface area contributed by atoms with Crippen molar-refractivity contribution in [2.24, 2.45) is 0 Å². The van der Waals surface area contributed by atoms with Crippen molar-refractivity contribution < 1.29 is 8.42 Å². The lowest BCUT2D eigenvalue weighted by atomic mass is 10.3. The molecule has 2 rings (SSSR count). The molecule has 0 unspecified atom stereocenters. The lowest BCUT2D eigenvalue weighted by molar-refractivity contribution is 0.581. The van der Waals surface area contributed by atoms with Crippen LogP contribution >= 0.6 is 11.3 Å². The molecule has 0 saturated heterocycles. The average molecular weight is 311 g/mol. The van der Waals surface area contributed by atoms with Crippen molar-refractivity contribution in [1.82, 2.24) is 9.71 Å². The lowest BCUT2D eigenvalue weighted by Crippen LogP contribution is -2.25. The first-order chi connectivity index (χ1) is 9.63. The van der Waals surface area contributed by atoms with Crippen molar-refractivity contribution in [3.8, 4) is 0 Å². The van der Waals surface area contributed by atoms with Gasteiger partial charge >= 0.3 is 0 Å². The van der Waals surface area contributed by atoms with Gasteiger partial charge in [-0.2, -0.15) is 0 Å². The molecule has 0 atom stereocenters. The molecule has 20 heavy (non-hydrogen) atoms. The fourth-order valence-electron chi connectivity index (χ4n) is 1.67. The van der Waals surface area contributed by atoms with Crippen LogP contribution in [0.5, 0.6) is 0 Å². The molecule has 1 aromatic carbocycles. The fourth-order valence-corrected chi connectivity index (χ4v) is 3.52.